The highest BCUT2D eigenvalue weighted by Gasteiger charge is 2.45. The summed E-state index contributed by atoms with van der Waals surface area (Å²) in [7, 11) is 0. The molecule has 2 aromatic carbocycles. The summed E-state index contributed by atoms with van der Waals surface area (Å²) in [5.41, 5.74) is 0.447. The highest BCUT2D eigenvalue weighted by atomic mass is 79.9. The molecule has 1 saturated carbocycles. The van der Waals surface area contributed by atoms with Crippen LogP contribution in [0, 0.1) is 11.6 Å². The van der Waals surface area contributed by atoms with E-state index in [1.54, 1.807) is 0 Å². The van der Waals surface area contributed by atoms with Gasteiger partial charge in [-0.05, 0) is 42.7 Å². The molecule has 0 unspecified atom stereocenters. The van der Waals surface area contributed by atoms with Crippen molar-refractivity contribution >= 4 is 33.4 Å². The van der Waals surface area contributed by atoms with Crippen LogP contribution in [0.2, 0.25) is 0 Å². The zero-order valence-corrected chi connectivity index (χ0v) is 15.4. The van der Waals surface area contributed by atoms with Gasteiger partial charge >= 0.3 is 0 Å². The van der Waals surface area contributed by atoms with E-state index in [-0.39, 0.29) is 18.1 Å². The highest BCUT2D eigenvalue weighted by molar-refractivity contribution is 9.10. The predicted molar refractivity (Wildman–Crippen MR) is 97.7 cm³/mol. The van der Waals surface area contributed by atoms with Crippen molar-refractivity contribution in [1.29, 1.82) is 0 Å². The molecule has 0 aromatic heterocycles. The number of hydrogen-bond acceptors (Lipinski definition) is 2. The summed E-state index contributed by atoms with van der Waals surface area (Å²) in [6, 6.07) is 10.7. The van der Waals surface area contributed by atoms with Crippen molar-refractivity contribution in [2.24, 2.45) is 0 Å². The first-order valence-electron chi connectivity index (χ1n) is 8.20. The summed E-state index contributed by atoms with van der Waals surface area (Å²) >= 11 is 3.38. The van der Waals surface area contributed by atoms with Gasteiger partial charge in [-0.25, -0.2) is 8.78 Å². The van der Waals surface area contributed by atoms with Gasteiger partial charge in [-0.2, -0.15) is 0 Å². The summed E-state index contributed by atoms with van der Waals surface area (Å²) in [5, 5.41) is 5.09. The van der Waals surface area contributed by atoms with Crippen LogP contribution in [-0.2, 0) is 15.0 Å². The third-order valence-corrected chi connectivity index (χ3v) is 5.18. The molecule has 2 aromatic rings. The molecule has 0 aliphatic heterocycles. The van der Waals surface area contributed by atoms with Crippen LogP contribution in [0.4, 0.5) is 14.5 Å². The number of hydrogen-bond donors (Lipinski definition) is 2. The van der Waals surface area contributed by atoms with Crippen LogP contribution in [0.1, 0.15) is 24.8 Å². The van der Waals surface area contributed by atoms with Gasteiger partial charge in [0.25, 0.3) is 0 Å². The molecule has 0 radical (unpaired) electrons. The van der Waals surface area contributed by atoms with E-state index in [9.17, 15) is 18.4 Å². The Morgan fingerprint density at radius 2 is 1.73 bits per heavy atom. The molecule has 1 aliphatic carbocycles. The van der Waals surface area contributed by atoms with Crippen molar-refractivity contribution in [2.75, 3.05) is 11.9 Å². The summed E-state index contributed by atoms with van der Waals surface area (Å²) in [6.07, 6.45) is 2.40. The number of amides is 2. The first-order valence-corrected chi connectivity index (χ1v) is 8.99. The van der Waals surface area contributed by atoms with Crippen molar-refractivity contribution in [3.63, 3.8) is 0 Å². The molecule has 2 N–H and O–H groups in total. The lowest BCUT2D eigenvalue weighted by molar-refractivity contribution is -0.131. The molecule has 0 bridgehead atoms. The Morgan fingerprint density at radius 3 is 2.31 bits per heavy atom. The van der Waals surface area contributed by atoms with Gasteiger partial charge in [0, 0.05) is 16.2 Å². The van der Waals surface area contributed by atoms with Gasteiger partial charge in [-0.15, -0.1) is 0 Å². The van der Waals surface area contributed by atoms with Crippen LogP contribution in [-0.4, -0.2) is 18.4 Å². The number of nitrogens with one attached hydrogen (secondary N) is 2. The maximum atomic E-state index is 13.2. The SMILES string of the molecule is O=C(CNC(=O)C1(c2ccc(Br)cc2)CCC1)Nc1ccc(F)c(F)c1. The molecule has 0 saturated heterocycles. The minimum atomic E-state index is -1.05. The fraction of sp³-hybridized carbons (Fsp3) is 0.263. The van der Waals surface area contributed by atoms with Gasteiger partial charge in [0.15, 0.2) is 11.6 Å². The van der Waals surface area contributed by atoms with Crippen molar-refractivity contribution in [2.45, 2.75) is 24.7 Å². The van der Waals surface area contributed by atoms with E-state index in [1.807, 2.05) is 24.3 Å². The minimum absolute atomic E-state index is 0.134. The van der Waals surface area contributed by atoms with E-state index in [2.05, 4.69) is 26.6 Å². The molecular weight excluding hydrogens is 406 g/mol. The molecule has 4 nitrogen and oxygen atoms in total. The third kappa shape index (κ3) is 3.77. The Morgan fingerprint density at radius 1 is 1.04 bits per heavy atom. The van der Waals surface area contributed by atoms with Crippen LogP contribution in [0.15, 0.2) is 46.9 Å². The van der Waals surface area contributed by atoms with Crippen LogP contribution in [0.25, 0.3) is 0 Å². The number of anilines is 1. The van der Waals surface area contributed by atoms with Crippen LogP contribution in [0.3, 0.4) is 0 Å². The molecule has 1 fully saturated rings. The second-order valence-electron chi connectivity index (χ2n) is 6.30. The number of carbonyl (C=O) groups excluding carboxylic acids is 2. The maximum Gasteiger partial charge on any atom is 0.243 e. The molecule has 1 aliphatic rings. The van der Waals surface area contributed by atoms with E-state index in [0.717, 1.165) is 41.4 Å². The lowest BCUT2D eigenvalue weighted by Crippen LogP contribution is -2.50. The Bertz CT molecular complexity index is 836. The Kier molecular flexibility index (Phi) is 5.36. The predicted octanol–water partition coefficient (Wildman–Crippen LogP) is 3.90. The van der Waals surface area contributed by atoms with Crippen LogP contribution in [0.5, 0.6) is 0 Å². The molecule has 0 heterocycles. The van der Waals surface area contributed by atoms with E-state index >= 15 is 0 Å². The molecule has 2 amide bonds. The van der Waals surface area contributed by atoms with Crippen LogP contribution >= 0.6 is 15.9 Å². The summed E-state index contributed by atoms with van der Waals surface area (Å²) in [6.45, 7) is -0.240. The van der Waals surface area contributed by atoms with Crippen molar-refractivity contribution < 1.29 is 18.4 Å². The molecule has 136 valence electrons. The zero-order chi connectivity index (χ0) is 18.7. The van der Waals surface area contributed by atoms with Crippen molar-refractivity contribution in [1.82, 2.24) is 5.32 Å². The van der Waals surface area contributed by atoms with E-state index in [0.29, 0.717) is 0 Å². The van der Waals surface area contributed by atoms with Crippen LogP contribution < -0.4 is 10.6 Å². The monoisotopic (exact) mass is 422 g/mol. The van der Waals surface area contributed by atoms with E-state index in [1.165, 1.54) is 6.07 Å². The topological polar surface area (TPSA) is 58.2 Å². The van der Waals surface area contributed by atoms with Crippen molar-refractivity contribution in [3.05, 3.63) is 64.1 Å². The van der Waals surface area contributed by atoms with E-state index in [4.69, 9.17) is 0 Å². The van der Waals surface area contributed by atoms with Gasteiger partial charge in [0.05, 0.1) is 12.0 Å². The Balaban J connectivity index is 1.61. The van der Waals surface area contributed by atoms with Gasteiger partial charge in [-0.3, -0.25) is 9.59 Å². The average molecular weight is 423 g/mol. The number of carbonyl (C=O) groups is 2. The number of benzene rings is 2. The molecule has 3 rings (SSSR count). The van der Waals surface area contributed by atoms with Crippen molar-refractivity contribution in [3.8, 4) is 0 Å². The number of halogens is 3. The minimum Gasteiger partial charge on any atom is -0.346 e. The lowest BCUT2D eigenvalue weighted by atomic mass is 9.64. The average Bonchev–Trinajstić information content (AvgIpc) is 2.57. The van der Waals surface area contributed by atoms with Gasteiger partial charge in [0.1, 0.15) is 0 Å². The molecule has 7 heteroatoms. The molecule has 0 atom stereocenters. The molecule has 0 spiro atoms. The molecular formula is C19H17BrF2N2O2. The number of rotatable bonds is 5. The standard InChI is InChI=1S/C19H17BrF2N2O2/c20-13-4-2-12(3-5-13)19(8-1-9-19)18(26)23-11-17(25)24-14-6-7-15(21)16(22)10-14/h2-7,10H,1,8-9,11H2,(H,23,26)(H,24,25). The largest absolute Gasteiger partial charge is 0.346 e. The smallest absolute Gasteiger partial charge is 0.243 e. The normalized spacial score (nSPS) is 15.0. The highest BCUT2D eigenvalue weighted by Crippen LogP contribution is 2.44. The zero-order valence-electron chi connectivity index (χ0n) is 13.8. The van der Waals surface area contributed by atoms with Gasteiger partial charge in [-0.1, -0.05) is 34.5 Å². The Hall–Kier alpha value is -2.28. The summed E-state index contributed by atoms with van der Waals surface area (Å²) < 4.78 is 27.0. The van der Waals surface area contributed by atoms with Gasteiger partial charge in [0.2, 0.25) is 11.8 Å². The summed E-state index contributed by atoms with van der Waals surface area (Å²) in [4.78, 5) is 24.7. The van der Waals surface area contributed by atoms with E-state index < -0.39 is 23.0 Å². The summed E-state index contributed by atoms with van der Waals surface area (Å²) in [5.74, 6) is -2.74. The first-order chi connectivity index (χ1) is 12.4. The second kappa shape index (κ2) is 7.53. The Labute approximate surface area is 158 Å². The first kappa shape index (κ1) is 18.5. The lowest BCUT2D eigenvalue weighted by Gasteiger charge is -2.40. The maximum absolute atomic E-state index is 13.2. The quantitative estimate of drug-likeness (QED) is 0.767. The fourth-order valence-corrected chi connectivity index (χ4v) is 3.32. The second-order valence-corrected chi connectivity index (χ2v) is 7.22. The third-order valence-electron chi connectivity index (χ3n) is 4.65. The van der Waals surface area contributed by atoms with Gasteiger partial charge < -0.3 is 10.6 Å². The molecule has 26 heavy (non-hydrogen) atoms. The fourth-order valence-electron chi connectivity index (χ4n) is 3.05.